The average molecular weight is 352 g/mol. The van der Waals surface area contributed by atoms with Crippen LogP contribution in [0.25, 0.3) is 11.7 Å². The lowest BCUT2D eigenvalue weighted by Crippen LogP contribution is -2.18. The fourth-order valence-corrected chi connectivity index (χ4v) is 2.19. The van der Waals surface area contributed by atoms with Gasteiger partial charge in [0.1, 0.15) is 5.69 Å². The number of hydrogen-bond donors (Lipinski definition) is 1. The van der Waals surface area contributed by atoms with Gasteiger partial charge in [-0.15, -0.1) is 15.3 Å². The van der Waals surface area contributed by atoms with Crippen molar-refractivity contribution < 1.29 is 22.4 Å². The molecule has 0 fully saturated rings. The second kappa shape index (κ2) is 6.00. The smallest absolute Gasteiger partial charge is 0.408 e. The van der Waals surface area contributed by atoms with Gasteiger partial charge in [0, 0.05) is 6.92 Å². The zero-order valence-electron chi connectivity index (χ0n) is 13.0. The first-order chi connectivity index (χ1) is 11.8. The molecule has 3 rings (SSSR count). The summed E-state index contributed by atoms with van der Waals surface area (Å²) in [6.45, 7) is 3.16. The molecule has 0 radical (unpaired) electrons. The van der Waals surface area contributed by atoms with Crippen LogP contribution in [0.4, 0.5) is 19.2 Å². The minimum atomic E-state index is -4.64. The lowest BCUT2D eigenvalue weighted by molar-refractivity contribution is -0.142. The summed E-state index contributed by atoms with van der Waals surface area (Å²) < 4.78 is 45.6. The van der Waals surface area contributed by atoms with Gasteiger partial charge in [-0.1, -0.05) is 11.2 Å². The first kappa shape index (κ1) is 16.6. The van der Waals surface area contributed by atoms with Gasteiger partial charge < -0.3 is 4.42 Å². The minimum Gasteiger partial charge on any atom is -0.408 e. The van der Waals surface area contributed by atoms with Crippen LogP contribution in [0.15, 0.2) is 22.6 Å². The molecule has 0 bridgehead atoms. The number of allylic oxidation sites excluding steroid dienone is 1. The number of nitrogens with one attached hydrogen (secondary N) is 1. The van der Waals surface area contributed by atoms with E-state index >= 15 is 0 Å². The fourth-order valence-electron chi connectivity index (χ4n) is 2.19. The van der Waals surface area contributed by atoms with Crippen molar-refractivity contribution in [2.75, 3.05) is 5.32 Å². The lowest BCUT2D eigenvalue weighted by Gasteiger charge is -2.11. The molecule has 25 heavy (non-hydrogen) atoms. The van der Waals surface area contributed by atoms with Crippen LogP contribution in [0.1, 0.15) is 34.7 Å². The molecular weight excluding hydrogens is 341 g/mol. The monoisotopic (exact) mass is 352 g/mol. The van der Waals surface area contributed by atoms with E-state index in [0.717, 1.165) is 16.5 Å². The van der Waals surface area contributed by atoms with Gasteiger partial charge in [-0.05, 0) is 25.1 Å². The van der Waals surface area contributed by atoms with Gasteiger partial charge in [0.2, 0.25) is 5.89 Å². The Kier molecular flexibility index (Phi) is 3.99. The molecule has 0 aliphatic carbocycles. The molecule has 0 atom stereocenters. The van der Waals surface area contributed by atoms with Crippen LogP contribution in [-0.2, 0) is 6.18 Å². The van der Waals surface area contributed by atoms with Crippen molar-refractivity contribution in [3.63, 3.8) is 0 Å². The summed E-state index contributed by atoms with van der Waals surface area (Å²) in [5.41, 5.74) is -1.35. The SMILES string of the molecule is CC=Cc1nnc2c(C(=O)Nc3nnc(C)o3)ccc(C(F)(F)F)n12. The molecule has 0 saturated carbocycles. The van der Waals surface area contributed by atoms with E-state index in [1.807, 2.05) is 0 Å². The molecule has 0 unspecified atom stereocenters. The number of carbonyl (C=O) groups is 1. The highest BCUT2D eigenvalue weighted by Gasteiger charge is 2.35. The summed E-state index contributed by atoms with van der Waals surface area (Å²) in [6, 6.07) is 1.64. The van der Waals surface area contributed by atoms with E-state index in [0.29, 0.717) is 0 Å². The van der Waals surface area contributed by atoms with Crippen molar-refractivity contribution in [3.05, 3.63) is 41.2 Å². The van der Waals surface area contributed by atoms with E-state index in [2.05, 4.69) is 25.7 Å². The summed E-state index contributed by atoms with van der Waals surface area (Å²) in [6.07, 6.45) is -1.77. The number of carbonyl (C=O) groups excluding carboxylic acids is 1. The topological polar surface area (TPSA) is 98.2 Å². The Labute approximate surface area is 138 Å². The van der Waals surface area contributed by atoms with Gasteiger partial charge in [-0.25, -0.2) is 0 Å². The zero-order chi connectivity index (χ0) is 18.2. The largest absolute Gasteiger partial charge is 0.431 e. The van der Waals surface area contributed by atoms with Crippen LogP contribution in [0.5, 0.6) is 0 Å². The minimum absolute atomic E-state index is 0.0480. The summed E-state index contributed by atoms with van der Waals surface area (Å²) in [5.74, 6) is -0.569. The Hall–Kier alpha value is -3.24. The number of pyridine rings is 1. The Morgan fingerprint density at radius 2 is 2.00 bits per heavy atom. The van der Waals surface area contributed by atoms with Gasteiger partial charge in [-0.3, -0.25) is 14.5 Å². The van der Waals surface area contributed by atoms with E-state index in [1.165, 1.54) is 19.1 Å². The van der Waals surface area contributed by atoms with E-state index in [9.17, 15) is 18.0 Å². The number of nitrogens with zero attached hydrogens (tertiary/aromatic N) is 5. The number of anilines is 1. The molecule has 8 nitrogen and oxygen atoms in total. The molecule has 1 amide bonds. The normalized spacial score (nSPS) is 12.2. The van der Waals surface area contributed by atoms with Crippen LogP contribution < -0.4 is 5.32 Å². The zero-order valence-corrected chi connectivity index (χ0v) is 13.0. The average Bonchev–Trinajstić information content (AvgIpc) is 3.13. The fraction of sp³-hybridized carbons (Fsp3) is 0.214. The second-order valence-electron chi connectivity index (χ2n) is 4.93. The first-order valence-electron chi connectivity index (χ1n) is 7.00. The van der Waals surface area contributed by atoms with E-state index in [-0.39, 0.29) is 28.9 Å². The Morgan fingerprint density at radius 1 is 1.24 bits per heavy atom. The number of fused-ring (bicyclic) bond motifs is 1. The Balaban J connectivity index is 2.12. The molecule has 130 valence electrons. The molecule has 3 aromatic heterocycles. The quantitative estimate of drug-likeness (QED) is 0.778. The molecule has 3 heterocycles. The van der Waals surface area contributed by atoms with Crippen molar-refractivity contribution in [1.82, 2.24) is 24.8 Å². The van der Waals surface area contributed by atoms with Crippen molar-refractivity contribution in [2.45, 2.75) is 20.0 Å². The van der Waals surface area contributed by atoms with Gasteiger partial charge in [-0.2, -0.15) is 13.2 Å². The Morgan fingerprint density at radius 3 is 2.60 bits per heavy atom. The molecule has 0 aliphatic rings. The highest BCUT2D eigenvalue weighted by atomic mass is 19.4. The standard InChI is InChI=1S/C14H11F3N6O2/c1-3-4-10-20-21-11-8(5-6-9(23(10)11)14(15,16)17)12(24)18-13-22-19-7(2)25-13/h3-6H,1-2H3,(H,18,22,24). The van der Waals surface area contributed by atoms with Gasteiger partial charge in [0.05, 0.1) is 5.56 Å². The summed E-state index contributed by atoms with van der Waals surface area (Å²) >= 11 is 0. The van der Waals surface area contributed by atoms with Crippen LogP contribution in [0.3, 0.4) is 0 Å². The van der Waals surface area contributed by atoms with Gasteiger partial charge in [0.25, 0.3) is 5.91 Å². The number of halogens is 3. The van der Waals surface area contributed by atoms with E-state index in [1.54, 1.807) is 6.92 Å². The molecular formula is C14H11F3N6O2. The number of hydrogen-bond acceptors (Lipinski definition) is 6. The van der Waals surface area contributed by atoms with E-state index in [4.69, 9.17) is 4.42 Å². The summed E-state index contributed by atoms with van der Waals surface area (Å²) in [4.78, 5) is 12.3. The molecule has 0 aromatic carbocycles. The molecule has 3 aromatic rings. The van der Waals surface area contributed by atoms with Crippen LogP contribution >= 0.6 is 0 Å². The van der Waals surface area contributed by atoms with Crippen LogP contribution in [0, 0.1) is 6.92 Å². The molecule has 11 heteroatoms. The number of rotatable bonds is 3. The maximum atomic E-state index is 13.3. The lowest BCUT2D eigenvalue weighted by atomic mass is 10.2. The van der Waals surface area contributed by atoms with Crippen LogP contribution in [-0.4, -0.2) is 30.7 Å². The maximum Gasteiger partial charge on any atom is 0.431 e. The molecule has 0 aliphatic heterocycles. The molecule has 0 saturated heterocycles. The maximum absolute atomic E-state index is 13.3. The summed E-state index contributed by atoms with van der Waals surface area (Å²) in [5, 5.41) is 16.9. The first-order valence-corrected chi connectivity index (χ1v) is 7.00. The molecule has 1 N–H and O–H groups in total. The molecule has 0 spiro atoms. The third-order valence-electron chi connectivity index (χ3n) is 3.18. The van der Waals surface area contributed by atoms with E-state index < -0.39 is 17.8 Å². The summed E-state index contributed by atoms with van der Waals surface area (Å²) in [7, 11) is 0. The van der Waals surface area contributed by atoms with Crippen molar-refractivity contribution in [3.8, 4) is 0 Å². The highest BCUT2D eigenvalue weighted by molar-refractivity contribution is 6.07. The van der Waals surface area contributed by atoms with Gasteiger partial charge >= 0.3 is 12.2 Å². The Bertz CT molecular complexity index is 973. The van der Waals surface area contributed by atoms with Crippen LogP contribution in [0.2, 0.25) is 0 Å². The van der Waals surface area contributed by atoms with Crippen molar-refractivity contribution in [2.24, 2.45) is 0 Å². The third kappa shape index (κ3) is 3.07. The highest BCUT2D eigenvalue weighted by Crippen LogP contribution is 2.31. The van der Waals surface area contributed by atoms with Crippen molar-refractivity contribution in [1.29, 1.82) is 0 Å². The number of aryl methyl sites for hydroxylation is 1. The van der Waals surface area contributed by atoms with Crippen molar-refractivity contribution >= 4 is 23.6 Å². The van der Waals surface area contributed by atoms with Gasteiger partial charge in [0.15, 0.2) is 11.5 Å². The second-order valence-corrected chi connectivity index (χ2v) is 4.93. The third-order valence-corrected chi connectivity index (χ3v) is 3.18. The number of alkyl halides is 3. The number of amides is 1. The number of aromatic nitrogens is 5. The predicted octanol–water partition coefficient (Wildman–Crippen LogP) is 2.72. The predicted molar refractivity (Wildman–Crippen MR) is 79.7 cm³/mol.